The van der Waals surface area contributed by atoms with Gasteiger partial charge in [0.1, 0.15) is 11.7 Å². The molecule has 0 bridgehead atoms. The Morgan fingerprint density at radius 3 is 1.47 bits per heavy atom. The van der Waals surface area contributed by atoms with Crippen LogP contribution in [-0.4, -0.2) is 74.7 Å². The Bertz CT molecular complexity index is 4180. The lowest BCUT2D eigenvalue weighted by Crippen LogP contribution is -2.30. The van der Waals surface area contributed by atoms with Crippen LogP contribution in [0, 0.1) is 0 Å². The predicted molar refractivity (Wildman–Crippen MR) is 324 cm³/mol. The van der Waals surface area contributed by atoms with E-state index in [9.17, 15) is 10.2 Å². The van der Waals surface area contributed by atoms with Gasteiger partial charge < -0.3 is 24.9 Å². The van der Waals surface area contributed by atoms with Gasteiger partial charge in [0.05, 0.1) is 42.9 Å². The highest BCUT2D eigenvalue weighted by Crippen LogP contribution is 2.39. The molecule has 2 unspecified atom stereocenters. The van der Waals surface area contributed by atoms with Crippen molar-refractivity contribution in [1.29, 1.82) is 0 Å². The maximum absolute atomic E-state index is 11.3. The lowest BCUT2D eigenvalue weighted by molar-refractivity contribution is 0.106. The second-order valence-corrected chi connectivity index (χ2v) is 23.7. The maximum Gasteiger partial charge on any atom is 0.185 e. The monoisotopic (exact) mass is 1120 g/mol. The van der Waals surface area contributed by atoms with Crippen molar-refractivity contribution in [2.24, 2.45) is 0 Å². The average molecular weight is 1120 g/mol. The van der Waals surface area contributed by atoms with Gasteiger partial charge >= 0.3 is 0 Å². The van der Waals surface area contributed by atoms with Crippen molar-refractivity contribution in [3.63, 3.8) is 0 Å². The zero-order valence-corrected chi connectivity index (χ0v) is 46.9. The zero-order chi connectivity index (χ0) is 54.7. The number of aromatic nitrogens is 9. The average Bonchev–Trinajstić information content (AvgIpc) is 4.37. The fourth-order valence-corrected chi connectivity index (χ4v) is 13.7. The quantitative estimate of drug-likeness (QED) is 0.140. The first-order valence-corrected chi connectivity index (χ1v) is 29.5. The number of aliphatic hydroxyl groups is 2. The number of rotatable bonds is 9. The molecule has 6 aromatic carbocycles. The van der Waals surface area contributed by atoms with Crippen LogP contribution in [0.5, 0.6) is 0 Å². The Balaban J connectivity index is 0.000000114. The molecule has 2 atom stereocenters. The molecule has 0 fully saturated rings. The van der Waals surface area contributed by atoms with Crippen LogP contribution >= 0.6 is 34.0 Å². The Hall–Kier alpha value is -8.45. The van der Waals surface area contributed by atoms with Gasteiger partial charge in [-0.15, -0.1) is 11.3 Å². The molecular weight excluding hydrogens is 1060 g/mol. The van der Waals surface area contributed by atoms with Crippen LogP contribution in [0.2, 0.25) is 0 Å². The standard InChI is InChI=1S/C22H20N4OS.C21H18N4OS.C21H18N4S/c1-22(27,17-6-7-18-19(12-17)24-10-9-23-18)20-13-25-21(28-20)26-11-8-15-4-2-3-5-16(15)14-26;26-20(15-5-6-17-18(11-15)23-9-8-22-17)19-12-24-21(27-19)25-10-7-14-3-1-2-4-16(14)13-25;1-2-4-17-14-25(10-7-16(17)3-1)21-24-13-18(26-21)11-15-5-6-19-20(12-15)23-9-8-22-19/h2-7,9-10,12-13,27H,8,11,14H2,1H3;1-6,8-9,11-12,20,26H,7,10,13H2;1-6,8-9,12-13H,7,10-11,14H2. The summed E-state index contributed by atoms with van der Waals surface area (Å²) in [6, 6.07) is 43.5. The summed E-state index contributed by atoms with van der Waals surface area (Å²) in [5.41, 5.74) is 15.2. The van der Waals surface area contributed by atoms with E-state index in [-0.39, 0.29) is 0 Å². The van der Waals surface area contributed by atoms with E-state index in [1.54, 1.807) is 83.6 Å². The summed E-state index contributed by atoms with van der Waals surface area (Å²) in [6.07, 6.45) is 19.0. The van der Waals surface area contributed by atoms with Crippen molar-refractivity contribution in [3.8, 4) is 0 Å². The third kappa shape index (κ3) is 11.4. The minimum atomic E-state index is -1.13. The number of hydrogen-bond acceptors (Lipinski definition) is 17. The molecule has 0 amide bonds. The molecule has 0 radical (unpaired) electrons. The van der Waals surface area contributed by atoms with Crippen LogP contribution in [0.25, 0.3) is 33.1 Å². The molecule has 3 aliphatic rings. The molecule has 14 nitrogen and oxygen atoms in total. The van der Waals surface area contributed by atoms with Crippen LogP contribution in [0.1, 0.15) is 77.7 Å². The summed E-state index contributed by atoms with van der Waals surface area (Å²) in [6.45, 7) is 7.42. The zero-order valence-electron chi connectivity index (χ0n) is 44.5. The summed E-state index contributed by atoms with van der Waals surface area (Å²) < 4.78 is 0. The SMILES string of the molecule is CC(O)(c1ccc2nccnc2c1)c1cnc(N2CCc3ccccc3C2)s1.OC(c1ccc2nccnc2c1)c1cnc(N2CCc3ccccc3C2)s1.c1ccc2c(c1)CCN(c1ncc(Cc3ccc4nccnc4c3)s1)C2. The van der Waals surface area contributed by atoms with Crippen molar-refractivity contribution in [3.05, 3.63) is 248 Å². The van der Waals surface area contributed by atoms with Crippen LogP contribution in [0.15, 0.2) is 183 Å². The molecule has 0 saturated heterocycles. The third-order valence-electron chi connectivity index (χ3n) is 15.3. The van der Waals surface area contributed by atoms with Gasteiger partial charge in [0.15, 0.2) is 15.4 Å². The van der Waals surface area contributed by atoms with E-state index in [1.165, 1.54) is 43.8 Å². The molecule has 12 aromatic rings. The first-order valence-electron chi connectivity index (χ1n) is 27.1. The Morgan fingerprint density at radius 1 is 0.457 bits per heavy atom. The second kappa shape index (κ2) is 23.0. The predicted octanol–water partition coefficient (Wildman–Crippen LogP) is 11.9. The molecule has 6 aromatic heterocycles. The lowest BCUT2D eigenvalue weighted by atomic mass is 9.94. The summed E-state index contributed by atoms with van der Waals surface area (Å²) in [7, 11) is 0. The highest BCUT2D eigenvalue weighted by Gasteiger charge is 2.31. The fraction of sp³-hybridized carbons (Fsp3) is 0.203. The molecule has 3 aliphatic heterocycles. The van der Waals surface area contributed by atoms with Gasteiger partial charge in [-0.1, -0.05) is 114 Å². The lowest BCUT2D eigenvalue weighted by Gasteiger charge is -2.28. The van der Waals surface area contributed by atoms with Gasteiger partial charge in [0.2, 0.25) is 0 Å². The summed E-state index contributed by atoms with van der Waals surface area (Å²) >= 11 is 4.89. The molecule has 2 N–H and O–H groups in total. The molecule has 17 heteroatoms. The molecule has 0 saturated carbocycles. The highest BCUT2D eigenvalue weighted by molar-refractivity contribution is 7.16. The summed E-state index contributed by atoms with van der Waals surface area (Å²) in [5, 5.41) is 25.1. The normalized spacial score (nSPS) is 14.9. The molecular formula is C64H56N12O2S3. The number of fused-ring (bicyclic) bond motifs is 6. The number of thiazole rings is 3. The Morgan fingerprint density at radius 2 is 0.901 bits per heavy atom. The van der Waals surface area contributed by atoms with E-state index in [1.807, 2.05) is 55.6 Å². The van der Waals surface area contributed by atoms with Gasteiger partial charge in [0.25, 0.3) is 0 Å². The largest absolute Gasteiger partial charge is 0.383 e. The van der Waals surface area contributed by atoms with Crippen molar-refractivity contribution < 1.29 is 10.2 Å². The molecule has 402 valence electrons. The maximum atomic E-state index is 11.3. The van der Waals surface area contributed by atoms with Gasteiger partial charge in [-0.2, -0.15) is 0 Å². The van der Waals surface area contributed by atoms with Crippen molar-refractivity contribution in [1.82, 2.24) is 44.9 Å². The van der Waals surface area contributed by atoms with Crippen molar-refractivity contribution in [2.75, 3.05) is 34.3 Å². The van der Waals surface area contributed by atoms with Crippen molar-refractivity contribution in [2.45, 2.75) is 63.9 Å². The Kier molecular flexibility index (Phi) is 14.7. The molecule has 81 heavy (non-hydrogen) atoms. The van der Waals surface area contributed by atoms with E-state index in [0.29, 0.717) is 0 Å². The van der Waals surface area contributed by atoms with Crippen LogP contribution in [0.3, 0.4) is 0 Å². The number of anilines is 3. The van der Waals surface area contributed by atoms with Crippen LogP contribution < -0.4 is 14.7 Å². The smallest absolute Gasteiger partial charge is 0.185 e. The second-order valence-electron chi connectivity index (χ2n) is 20.6. The highest BCUT2D eigenvalue weighted by atomic mass is 32.1. The van der Waals surface area contributed by atoms with E-state index in [0.717, 1.165) is 134 Å². The van der Waals surface area contributed by atoms with E-state index in [4.69, 9.17) is 0 Å². The van der Waals surface area contributed by atoms with E-state index < -0.39 is 11.7 Å². The third-order valence-corrected chi connectivity index (χ3v) is 18.7. The van der Waals surface area contributed by atoms with E-state index in [2.05, 4.69) is 144 Å². The molecule has 15 rings (SSSR count). The molecule has 0 aliphatic carbocycles. The summed E-state index contributed by atoms with van der Waals surface area (Å²) in [5.74, 6) is 0. The summed E-state index contributed by atoms with van der Waals surface area (Å²) in [4.78, 5) is 49.8. The topological polar surface area (TPSA) is 166 Å². The minimum absolute atomic E-state index is 0.709. The molecule has 9 heterocycles. The number of nitrogens with zero attached hydrogens (tertiary/aromatic N) is 12. The van der Waals surface area contributed by atoms with Gasteiger partial charge in [-0.3, -0.25) is 29.9 Å². The number of hydrogen-bond donors (Lipinski definition) is 2. The first kappa shape index (κ1) is 52.0. The minimum Gasteiger partial charge on any atom is -0.383 e. The first-order chi connectivity index (χ1) is 39.7. The van der Waals surface area contributed by atoms with Crippen LogP contribution in [-0.2, 0) is 50.9 Å². The Labute approximate surface area is 480 Å². The number of aliphatic hydroxyl groups excluding tert-OH is 1. The van der Waals surface area contributed by atoms with Crippen molar-refractivity contribution >= 4 is 82.5 Å². The van der Waals surface area contributed by atoms with Crippen LogP contribution in [0.4, 0.5) is 15.4 Å². The van der Waals surface area contributed by atoms with E-state index >= 15 is 0 Å². The van der Waals surface area contributed by atoms with Gasteiger partial charge in [0, 0.05) is 106 Å². The molecule has 0 spiro atoms. The fourth-order valence-electron chi connectivity index (χ4n) is 10.7. The van der Waals surface area contributed by atoms with Gasteiger partial charge in [-0.05, 0) is 113 Å². The number of benzene rings is 6. The van der Waals surface area contributed by atoms with Gasteiger partial charge in [-0.25, -0.2) is 15.0 Å².